The second kappa shape index (κ2) is 5.41. The molecule has 1 atom stereocenters. The first-order valence-electron chi connectivity index (χ1n) is 5.82. The molecule has 0 aliphatic carbocycles. The van der Waals surface area contributed by atoms with Crippen LogP contribution in [0.25, 0.3) is 0 Å². The molecule has 1 N–H and O–H groups in total. The Kier molecular flexibility index (Phi) is 3.91. The highest BCUT2D eigenvalue weighted by atomic mass is 19.1. The van der Waals surface area contributed by atoms with E-state index in [0.29, 0.717) is 18.2 Å². The van der Waals surface area contributed by atoms with Crippen molar-refractivity contribution in [2.75, 3.05) is 13.7 Å². The second-order valence-corrected chi connectivity index (χ2v) is 4.29. The summed E-state index contributed by atoms with van der Waals surface area (Å²) in [7, 11) is 1.58. The monoisotopic (exact) mass is 223 g/mol. The minimum atomic E-state index is -0.160. The standard InChI is InChI=1S/C13H18FNO/c1-16-9-11-6-5-10(8-12(11)14)13-4-2-3-7-15-13/h5-6,8,13,15H,2-4,7,9H2,1H3. The maximum absolute atomic E-state index is 13.7. The number of hydrogen-bond donors (Lipinski definition) is 1. The lowest BCUT2D eigenvalue weighted by Crippen LogP contribution is -2.26. The van der Waals surface area contributed by atoms with Gasteiger partial charge >= 0.3 is 0 Å². The van der Waals surface area contributed by atoms with Gasteiger partial charge in [-0.15, -0.1) is 0 Å². The van der Waals surface area contributed by atoms with E-state index in [9.17, 15) is 4.39 Å². The van der Waals surface area contributed by atoms with E-state index in [1.54, 1.807) is 13.2 Å². The van der Waals surface area contributed by atoms with Crippen LogP contribution in [0.1, 0.15) is 36.4 Å². The van der Waals surface area contributed by atoms with Crippen LogP contribution in [0.4, 0.5) is 4.39 Å². The van der Waals surface area contributed by atoms with Gasteiger partial charge in [0.15, 0.2) is 0 Å². The number of nitrogens with one attached hydrogen (secondary N) is 1. The molecular weight excluding hydrogens is 205 g/mol. The Balaban J connectivity index is 2.13. The van der Waals surface area contributed by atoms with Gasteiger partial charge in [-0.3, -0.25) is 0 Å². The summed E-state index contributed by atoms with van der Waals surface area (Å²) in [6.07, 6.45) is 3.54. The van der Waals surface area contributed by atoms with Crippen molar-refractivity contribution in [3.05, 3.63) is 35.1 Å². The smallest absolute Gasteiger partial charge is 0.129 e. The van der Waals surface area contributed by atoms with Crippen molar-refractivity contribution in [1.82, 2.24) is 5.32 Å². The normalized spacial score (nSPS) is 21.0. The maximum atomic E-state index is 13.7. The van der Waals surface area contributed by atoms with E-state index in [0.717, 1.165) is 18.5 Å². The molecule has 16 heavy (non-hydrogen) atoms. The van der Waals surface area contributed by atoms with Crippen molar-refractivity contribution in [2.24, 2.45) is 0 Å². The van der Waals surface area contributed by atoms with Crippen molar-refractivity contribution in [2.45, 2.75) is 31.9 Å². The molecule has 1 fully saturated rings. The Labute approximate surface area is 95.8 Å². The van der Waals surface area contributed by atoms with Gasteiger partial charge in [-0.1, -0.05) is 18.6 Å². The Morgan fingerprint density at radius 3 is 2.94 bits per heavy atom. The van der Waals surface area contributed by atoms with Gasteiger partial charge in [0.05, 0.1) is 6.61 Å². The molecule has 2 nitrogen and oxygen atoms in total. The lowest BCUT2D eigenvalue weighted by molar-refractivity contribution is 0.181. The highest BCUT2D eigenvalue weighted by Crippen LogP contribution is 2.24. The molecule has 1 saturated heterocycles. The summed E-state index contributed by atoms with van der Waals surface area (Å²) in [5.74, 6) is -0.160. The van der Waals surface area contributed by atoms with E-state index in [4.69, 9.17) is 4.74 Å². The third-order valence-electron chi connectivity index (χ3n) is 3.09. The predicted molar refractivity (Wildman–Crippen MR) is 61.7 cm³/mol. The van der Waals surface area contributed by atoms with Crippen LogP contribution >= 0.6 is 0 Å². The van der Waals surface area contributed by atoms with Crippen LogP contribution in [-0.4, -0.2) is 13.7 Å². The number of benzene rings is 1. The molecule has 0 radical (unpaired) electrons. The van der Waals surface area contributed by atoms with Crippen LogP contribution in [0.15, 0.2) is 18.2 Å². The number of piperidine rings is 1. The van der Waals surface area contributed by atoms with Gasteiger partial charge in [-0.2, -0.15) is 0 Å². The van der Waals surface area contributed by atoms with Crippen molar-refractivity contribution in [3.63, 3.8) is 0 Å². The zero-order valence-corrected chi connectivity index (χ0v) is 9.63. The van der Waals surface area contributed by atoms with Gasteiger partial charge in [-0.25, -0.2) is 4.39 Å². The topological polar surface area (TPSA) is 21.3 Å². The van der Waals surface area contributed by atoms with E-state index in [1.165, 1.54) is 12.8 Å². The molecule has 1 aliphatic heterocycles. The van der Waals surface area contributed by atoms with Crippen LogP contribution in [0.2, 0.25) is 0 Å². The first kappa shape index (κ1) is 11.6. The predicted octanol–water partition coefficient (Wildman–Crippen LogP) is 2.79. The molecule has 88 valence electrons. The van der Waals surface area contributed by atoms with Gasteiger partial charge in [-0.05, 0) is 31.0 Å². The van der Waals surface area contributed by atoms with Gasteiger partial charge < -0.3 is 10.1 Å². The molecule has 3 heteroatoms. The van der Waals surface area contributed by atoms with Crippen molar-refractivity contribution >= 4 is 0 Å². The van der Waals surface area contributed by atoms with E-state index in [1.807, 2.05) is 12.1 Å². The Morgan fingerprint density at radius 1 is 1.44 bits per heavy atom. The summed E-state index contributed by atoms with van der Waals surface area (Å²) < 4.78 is 18.6. The third-order valence-corrected chi connectivity index (χ3v) is 3.09. The molecule has 2 rings (SSSR count). The van der Waals surface area contributed by atoms with Gasteiger partial charge in [0.1, 0.15) is 5.82 Å². The number of rotatable bonds is 3. The van der Waals surface area contributed by atoms with Gasteiger partial charge in [0.2, 0.25) is 0 Å². The molecule has 0 aromatic heterocycles. The summed E-state index contributed by atoms with van der Waals surface area (Å²) >= 11 is 0. The van der Waals surface area contributed by atoms with Crippen molar-refractivity contribution < 1.29 is 9.13 Å². The lowest BCUT2D eigenvalue weighted by Gasteiger charge is -2.24. The molecule has 1 aromatic rings. The molecular formula is C13H18FNO. The van der Waals surface area contributed by atoms with Crippen LogP contribution in [0.3, 0.4) is 0 Å². The zero-order chi connectivity index (χ0) is 11.4. The average Bonchev–Trinajstić information content (AvgIpc) is 2.33. The lowest BCUT2D eigenvalue weighted by atomic mass is 9.96. The fourth-order valence-corrected chi connectivity index (χ4v) is 2.19. The molecule has 0 amide bonds. The number of methoxy groups -OCH3 is 1. The van der Waals surface area contributed by atoms with Crippen molar-refractivity contribution in [1.29, 1.82) is 0 Å². The fourth-order valence-electron chi connectivity index (χ4n) is 2.19. The first-order valence-corrected chi connectivity index (χ1v) is 5.82. The molecule has 0 spiro atoms. The number of halogens is 1. The van der Waals surface area contributed by atoms with Crippen molar-refractivity contribution in [3.8, 4) is 0 Å². The molecule has 0 saturated carbocycles. The number of hydrogen-bond acceptors (Lipinski definition) is 2. The summed E-state index contributed by atoms with van der Waals surface area (Å²) in [4.78, 5) is 0. The minimum absolute atomic E-state index is 0.160. The largest absolute Gasteiger partial charge is 0.380 e. The maximum Gasteiger partial charge on any atom is 0.129 e. The van der Waals surface area contributed by atoms with Crippen LogP contribution in [0, 0.1) is 5.82 Å². The summed E-state index contributed by atoms with van der Waals surface area (Å²) in [5, 5.41) is 3.42. The number of ether oxygens (including phenoxy) is 1. The molecule has 0 bridgehead atoms. The Bertz CT molecular complexity index is 348. The second-order valence-electron chi connectivity index (χ2n) is 4.29. The first-order chi connectivity index (χ1) is 7.81. The van der Waals surface area contributed by atoms with Crippen LogP contribution < -0.4 is 5.32 Å². The highest BCUT2D eigenvalue weighted by Gasteiger charge is 2.15. The quantitative estimate of drug-likeness (QED) is 0.850. The van der Waals surface area contributed by atoms with Gasteiger partial charge in [0, 0.05) is 18.7 Å². The SMILES string of the molecule is COCc1ccc(C2CCCCN2)cc1F. The van der Waals surface area contributed by atoms with Gasteiger partial charge in [0.25, 0.3) is 0 Å². The highest BCUT2D eigenvalue weighted by molar-refractivity contribution is 5.26. The molecule has 1 heterocycles. The Morgan fingerprint density at radius 2 is 2.31 bits per heavy atom. The van der Waals surface area contributed by atoms with Crippen LogP contribution in [0.5, 0.6) is 0 Å². The van der Waals surface area contributed by atoms with E-state index >= 15 is 0 Å². The summed E-state index contributed by atoms with van der Waals surface area (Å²) in [5.41, 5.74) is 1.68. The Hall–Kier alpha value is -0.930. The molecule has 1 unspecified atom stereocenters. The van der Waals surface area contributed by atoms with E-state index in [2.05, 4.69) is 5.32 Å². The zero-order valence-electron chi connectivity index (χ0n) is 9.63. The molecule has 1 aliphatic rings. The minimum Gasteiger partial charge on any atom is -0.380 e. The van der Waals surface area contributed by atoms with E-state index in [-0.39, 0.29) is 5.82 Å². The third kappa shape index (κ3) is 2.60. The van der Waals surface area contributed by atoms with E-state index < -0.39 is 0 Å². The summed E-state index contributed by atoms with van der Waals surface area (Å²) in [6, 6.07) is 5.78. The summed E-state index contributed by atoms with van der Waals surface area (Å²) in [6.45, 7) is 1.37. The average molecular weight is 223 g/mol. The van der Waals surface area contributed by atoms with Crippen LogP contribution in [-0.2, 0) is 11.3 Å². The fraction of sp³-hybridized carbons (Fsp3) is 0.538. The molecule has 1 aromatic carbocycles.